The van der Waals surface area contributed by atoms with Crippen molar-refractivity contribution in [2.45, 2.75) is 45.6 Å². The monoisotopic (exact) mass is 409 g/mol. The second kappa shape index (κ2) is 8.40. The Morgan fingerprint density at radius 3 is 2.89 bits per heavy atom. The van der Waals surface area contributed by atoms with Crippen LogP contribution < -0.4 is 5.32 Å². The standard InChI is InChI=1S/C20H21ClFNO3S/c1-3-12-4-7-17-13(8-12)9-18(27-17)20(25)26-11(2)19(24)23-16-6-5-14(22)10-15(16)21/h5-6,9-12H,3-4,7-8H2,1-2H3,(H,23,24)/t11-,12+/m1/s1. The smallest absolute Gasteiger partial charge is 0.349 e. The van der Waals surface area contributed by atoms with E-state index in [9.17, 15) is 14.0 Å². The van der Waals surface area contributed by atoms with Crippen molar-refractivity contribution >= 4 is 40.5 Å². The Labute approximate surface area is 166 Å². The molecule has 2 atom stereocenters. The molecule has 144 valence electrons. The summed E-state index contributed by atoms with van der Waals surface area (Å²) in [6.07, 6.45) is 3.27. The first-order chi connectivity index (χ1) is 12.9. The average molecular weight is 410 g/mol. The molecule has 0 fully saturated rings. The lowest BCUT2D eigenvalue weighted by Crippen LogP contribution is -2.29. The number of ether oxygens (including phenoxy) is 1. The Bertz CT molecular complexity index is 867. The number of benzene rings is 1. The van der Waals surface area contributed by atoms with Crippen LogP contribution in [0.15, 0.2) is 24.3 Å². The van der Waals surface area contributed by atoms with Crippen molar-refractivity contribution in [2.75, 3.05) is 5.32 Å². The van der Waals surface area contributed by atoms with Gasteiger partial charge in [-0.2, -0.15) is 0 Å². The van der Waals surface area contributed by atoms with Gasteiger partial charge in [0, 0.05) is 4.88 Å². The third-order valence-electron chi connectivity index (χ3n) is 4.81. The van der Waals surface area contributed by atoms with E-state index in [1.165, 1.54) is 40.8 Å². The number of carbonyl (C=O) groups is 2. The Morgan fingerprint density at radius 2 is 2.19 bits per heavy atom. The summed E-state index contributed by atoms with van der Waals surface area (Å²) in [7, 11) is 0. The first kappa shape index (κ1) is 19.8. The summed E-state index contributed by atoms with van der Waals surface area (Å²) in [6.45, 7) is 3.68. The van der Waals surface area contributed by atoms with E-state index in [1.807, 2.05) is 6.07 Å². The fraction of sp³-hybridized carbons (Fsp3) is 0.400. The number of fused-ring (bicyclic) bond motifs is 1. The number of halogens is 2. The molecule has 1 aliphatic rings. The number of aryl methyl sites for hydroxylation is 1. The van der Waals surface area contributed by atoms with Crippen molar-refractivity contribution in [3.8, 4) is 0 Å². The second-order valence-electron chi connectivity index (χ2n) is 6.74. The number of esters is 1. The number of thiophene rings is 1. The molecule has 7 heteroatoms. The number of hydrogen-bond acceptors (Lipinski definition) is 4. The zero-order valence-electron chi connectivity index (χ0n) is 15.2. The normalized spacial score (nSPS) is 17.1. The molecule has 0 bridgehead atoms. The van der Waals surface area contributed by atoms with E-state index in [4.69, 9.17) is 16.3 Å². The minimum atomic E-state index is -0.999. The van der Waals surface area contributed by atoms with E-state index >= 15 is 0 Å². The molecule has 1 aliphatic carbocycles. The summed E-state index contributed by atoms with van der Waals surface area (Å²) in [5, 5.41) is 2.63. The number of anilines is 1. The summed E-state index contributed by atoms with van der Waals surface area (Å²) in [5.41, 5.74) is 1.49. The fourth-order valence-electron chi connectivity index (χ4n) is 3.15. The van der Waals surface area contributed by atoms with E-state index in [1.54, 1.807) is 0 Å². The van der Waals surface area contributed by atoms with E-state index in [0.717, 1.165) is 31.7 Å². The zero-order valence-corrected chi connectivity index (χ0v) is 16.8. The molecule has 1 amide bonds. The fourth-order valence-corrected chi connectivity index (χ4v) is 4.45. The van der Waals surface area contributed by atoms with E-state index in [2.05, 4.69) is 12.2 Å². The maximum atomic E-state index is 13.1. The summed E-state index contributed by atoms with van der Waals surface area (Å²) < 4.78 is 18.4. The van der Waals surface area contributed by atoms with E-state index in [-0.39, 0.29) is 10.7 Å². The Kier molecular flexibility index (Phi) is 6.17. The predicted octanol–water partition coefficient (Wildman–Crippen LogP) is 5.24. The van der Waals surface area contributed by atoms with Crippen LogP contribution >= 0.6 is 22.9 Å². The van der Waals surface area contributed by atoms with Gasteiger partial charge in [0.15, 0.2) is 6.10 Å². The van der Waals surface area contributed by atoms with Gasteiger partial charge >= 0.3 is 5.97 Å². The van der Waals surface area contributed by atoms with Crippen LogP contribution in [0, 0.1) is 11.7 Å². The molecule has 0 saturated carbocycles. The largest absolute Gasteiger partial charge is 0.448 e. The van der Waals surface area contributed by atoms with Crippen molar-refractivity contribution < 1.29 is 18.7 Å². The van der Waals surface area contributed by atoms with Crippen LogP contribution in [0.25, 0.3) is 0 Å². The van der Waals surface area contributed by atoms with Gasteiger partial charge in [-0.15, -0.1) is 11.3 Å². The lowest BCUT2D eigenvalue weighted by Gasteiger charge is -2.19. The lowest BCUT2D eigenvalue weighted by molar-refractivity contribution is -0.123. The maximum Gasteiger partial charge on any atom is 0.349 e. The van der Waals surface area contributed by atoms with Crippen molar-refractivity contribution in [2.24, 2.45) is 5.92 Å². The van der Waals surface area contributed by atoms with Crippen LogP contribution in [-0.4, -0.2) is 18.0 Å². The van der Waals surface area contributed by atoms with Crippen LogP contribution in [0.5, 0.6) is 0 Å². The Balaban J connectivity index is 1.62. The van der Waals surface area contributed by atoms with Gasteiger partial charge in [-0.3, -0.25) is 4.79 Å². The highest BCUT2D eigenvalue weighted by Crippen LogP contribution is 2.34. The van der Waals surface area contributed by atoms with E-state index in [0.29, 0.717) is 10.8 Å². The highest BCUT2D eigenvalue weighted by molar-refractivity contribution is 7.14. The SMILES string of the molecule is CC[C@H]1CCc2sc(C(=O)O[C@H](C)C(=O)Nc3ccc(F)cc3Cl)cc2C1. The van der Waals surface area contributed by atoms with Gasteiger partial charge in [0.05, 0.1) is 10.7 Å². The lowest BCUT2D eigenvalue weighted by atomic mass is 9.87. The highest BCUT2D eigenvalue weighted by Gasteiger charge is 2.25. The van der Waals surface area contributed by atoms with Gasteiger partial charge < -0.3 is 10.1 Å². The number of hydrogen-bond donors (Lipinski definition) is 1. The molecule has 0 aliphatic heterocycles. The minimum Gasteiger partial charge on any atom is -0.448 e. The molecule has 1 aromatic carbocycles. The van der Waals surface area contributed by atoms with Gasteiger partial charge in [-0.05, 0) is 61.9 Å². The zero-order chi connectivity index (χ0) is 19.6. The topological polar surface area (TPSA) is 55.4 Å². The molecule has 27 heavy (non-hydrogen) atoms. The summed E-state index contributed by atoms with van der Waals surface area (Å²) >= 11 is 7.35. The molecule has 1 aromatic heterocycles. The third kappa shape index (κ3) is 4.68. The third-order valence-corrected chi connectivity index (χ3v) is 6.34. The molecule has 0 unspecified atom stereocenters. The number of carbonyl (C=O) groups excluding carboxylic acids is 2. The van der Waals surface area contributed by atoms with E-state index < -0.39 is 23.8 Å². The molecule has 1 heterocycles. The molecule has 0 spiro atoms. The minimum absolute atomic E-state index is 0.0817. The van der Waals surface area contributed by atoms with Crippen LogP contribution in [0.2, 0.25) is 5.02 Å². The first-order valence-electron chi connectivity index (χ1n) is 8.95. The van der Waals surface area contributed by atoms with Gasteiger partial charge in [0.1, 0.15) is 10.7 Å². The van der Waals surface area contributed by atoms with Gasteiger partial charge in [-0.1, -0.05) is 24.9 Å². The number of amides is 1. The van der Waals surface area contributed by atoms with Gasteiger partial charge in [-0.25, -0.2) is 9.18 Å². The molecule has 0 saturated heterocycles. The molecule has 4 nitrogen and oxygen atoms in total. The number of rotatable bonds is 5. The molecule has 1 N–H and O–H groups in total. The van der Waals surface area contributed by atoms with Crippen molar-refractivity contribution in [1.82, 2.24) is 0 Å². The van der Waals surface area contributed by atoms with Crippen LogP contribution in [0.4, 0.5) is 10.1 Å². The molecular formula is C20H21ClFNO3S. The predicted molar refractivity (Wildman–Crippen MR) is 105 cm³/mol. The highest BCUT2D eigenvalue weighted by atomic mass is 35.5. The number of nitrogens with one attached hydrogen (secondary N) is 1. The average Bonchev–Trinajstić information content (AvgIpc) is 3.07. The van der Waals surface area contributed by atoms with Crippen LogP contribution in [0.1, 0.15) is 46.8 Å². The second-order valence-corrected chi connectivity index (χ2v) is 8.28. The quantitative estimate of drug-likeness (QED) is 0.687. The van der Waals surface area contributed by atoms with Crippen molar-refractivity contribution in [3.05, 3.63) is 50.4 Å². The summed E-state index contributed by atoms with van der Waals surface area (Å²) in [4.78, 5) is 26.4. The molecule has 3 rings (SSSR count). The molecule has 0 radical (unpaired) electrons. The Hall–Kier alpha value is -1.92. The van der Waals surface area contributed by atoms with Crippen molar-refractivity contribution in [1.29, 1.82) is 0 Å². The Morgan fingerprint density at radius 1 is 1.41 bits per heavy atom. The molecule has 2 aromatic rings. The first-order valence-corrected chi connectivity index (χ1v) is 10.1. The maximum absolute atomic E-state index is 13.1. The summed E-state index contributed by atoms with van der Waals surface area (Å²) in [5.74, 6) is -0.856. The van der Waals surface area contributed by atoms with Crippen LogP contribution in [0.3, 0.4) is 0 Å². The van der Waals surface area contributed by atoms with Crippen LogP contribution in [-0.2, 0) is 22.4 Å². The molecular weight excluding hydrogens is 389 g/mol. The van der Waals surface area contributed by atoms with Gasteiger partial charge in [0.25, 0.3) is 5.91 Å². The van der Waals surface area contributed by atoms with Crippen molar-refractivity contribution in [3.63, 3.8) is 0 Å². The van der Waals surface area contributed by atoms with Gasteiger partial charge in [0.2, 0.25) is 0 Å². The summed E-state index contributed by atoms with van der Waals surface area (Å²) in [6, 6.07) is 5.55.